The number of aromatic nitrogens is 1. The van der Waals surface area contributed by atoms with Gasteiger partial charge in [-0.1, -0.05) is 54.1 Å². The van der Waals surface area contributed by atoms with Crippen LogP contribution in [0.15, 0.2) is 60.0 Å². The summed E-state index contributed by atoms with van der Waals surface area (Å²) in [6.07, 6.45) is 0. The third kappa shape index (κ3) is 4.28. The number of hydrogen-bond acceptors (Lipinski definition) is 5. The van der Waals surface area contributed by atoms with Crippen LogP contribution in [0.2, 0.25) is 5.02 Å². The molecule has 2 aromatic carbocycles. The highest BCUT2D eigenvalue weighted by Gasteiger charge is 2.47. The number of carbonyl (C=O) groups is 2. The lowest BCUT2D eigenvalue weighted by Gasteiger charge is -2.44. The van der Waals surface area contributed by atoms with Crippen molar-refractivity contribution in [3.63, 3.8) is 0 Å². The van der Waals surface area contributed by atoms with E-state index in [1.807, 2.05) is 47.8 Å². The minimum absolute atomic E-state index is 0.0836. The van der Waals surface area contributed by atoms with Crippen LogP contribution in [0.4, 0.5) is 5.13 Å². The van der Waals surface area contributed by atoms with Gasteiger partial charge in [0.25, 0.3) is 5.91 Å². The Morgan fingerprint density at radius 2 is 1.86 bits per heavy atom. The number of nitrogens with one attached hydrogen (secondary N) is 2. The number of β-lactam (4-membered cyclic amide) rings is 1. The van der Waals surface area contributed by atoms with Gasteiger partial charge in [0.1, 0.15) is 5.38 Å². The summed E-state index contributed by atoms with van der Waals surface area (Å²) < 4.78 is 0. The van der Waals surface area contributed by atoms with Gasteiger partial charge in [0.2, 0.25) is 5.91 Å². The van der Waals surface area contributed by atoms with Crippen LogP contribution >= 0.6 is 34.5 Å². The van der Waals surface area contributed by atoms with E-state index >= 15 is 0 Å². The fraction of sp³-hybridized carbons (Fsp3) is 0.150. The van der Waals surface area contributed by atoms with Crippen molar-refractivity contribution >= 4 is 51.5 Å². The van der Waals surface area contributed by atoms with Crippen LogP contribution in [0.3, 0.4) is 0 Å². The molecule has 4 rings (SSSR count). The average molecular weight is 447 g/mol. The summed E-state index contributed by atoms with van der Waals surface area (Å²) in [5.74, 6) is -0.584. The molecule has 6 nitrogen and oxygen atoms in total. The van der Waals surface area contributed by atoms with Crippen LogP contribution in [0.1, 0.15) is 11.6 Å². The van der Waals surface area contributed by atoms with Crippen molar-refractivity contribution in [1.29, 1.82) is 0 Å². The van der Waals surface area contributed by atoms with Gasteiger partial charge in [-0.2, -0.15) is 0 Å². The average Bonchev–Trinajstić information content (AvgIpc) is 3.20. The molecule has 2 amide bonds. The highest BCUT2D eigenvalue weighted by Crippen LogP contribution is 2.37. The van der Waals surface area contributed by atoms with Gasteiger partial charge in [-0.05, 0) is 17.7 Å². The van der Waals surface area contributed by atoms with Gasteiger partial charge >= 0.3 is 0 Å². The molecule has 2 heterocycles. The number of alkyl halides is 1. The largest absolute Gasteiger partial charge is 0.301 e. The molecule has 0 radical (unpaired) electrons. The molecular formula is C20H16Cl2N4O2S. The Hall–Kier alpha value is -2.45. The van der Waals surface area contributed by atoms with Gasteiger partial charge in [0, 0.05) is 16.0 Å². The summed E-state index contributed by atoms with van der Waals surface area (Å²) in [6.45, 7) is -0.0836. The molecule has 0 aliphatic carbocycles. The molecule has 1 aliphatic heterocycles. The summed E-state index contributed by atoms with van der Waals surface area (Å²) in [4.78, 5) is 28.8. The molecule has 148 valence electrons. The van der Waals surface area contributed by atoms with E-state index in [-0.39, 0.29) is 24.4 Å². The highest BCUT2D eigenvalue weighted by atomic mass is 35.5. The SMILES string of the molecule is O=C(CNN1C(=O)C(Cl)C1c1ccc(Cl)cc1)Nc1nc(-c2ccccc2)cs1. The van der Waals surface area contributed by atoms with E-state index in [1.54, 1.807) is 12.1 Å². The van der Waals surface area contributed by atoms with Gasteiger partial charge in [-0.3, -0.25) is 14.6 Å². The second-order valence-corrected chi connectivity index (χ2v) is 8.16. The van der Waals surface area contributed by atoms with E-state index in [0.717, 1.165) is 16.8 Å². The number of hydrogen-bond donors (Lipinski definition) is 2. The summed E-state index contributed by atoms with van der Waals surface area (Å²) in [6, 6.07) is 16.4. The lowest BCUT2D eigenvalue weighted by molar-refractivity contribution is -0.151. The summed E-state index contributed by atoms with van der Waals surface area (Å²) in [7, 11) is 0. The second-order valence-electron chi connectivity index (χ2n) is 6.39. The van der Waals surface area contributed by atoms with Crippen molar-refractivity contribution < 1.29 is 9.59 Å². The first-order valence-electron chi connectivity index (χ1n) is 8.80. The monoisotopic (exact) mass is 446 g/mol. The standard InChI is InChI=1S/C20H16Cl2N4O2S/c21-14-8-6-13(7-9-14)18-17(22)19(28)26(18)23-10-16(27)25-20-24-15(11-29-20)12-4-2-1-3-5-12/h1-9,11,17-18,23H,10H2,(H,24,25,27). The fourth-order valence-corrected chi connectivity index (χ4v) is 4.23. The first-order valence-corrected chi connectivity index (χ1v) is 10.5. The number of anilines is 1. The number of halogens is 2. The fourth-order valence-electron chi connectivity index (χ4n) is 3.00. The van der Waals surface area contributed by atoms with E-state index in [0.29, 0.717) is 10.2 Å². The van der Waals surface area contributed by atoms with Gasteiger partial charge in [0.05, 0.1) is 18.3 Å². The van der Waals surface area contributed by atoms with Gasteiger partial charge < -0.3 is 5.32 Å². The molecule has 29 heavy (non-hydrogen) atoms. The minimum atomic E-state index is -0.681. The van der Waals surface area contributed by atoms with Crippen molar-refractivity contribution in [3.05, 3.63) is 70.6 Å². The molecule has 0 saturated carbocycles. The number of rotatable bonds is 6. The lowest BCUT2D eigenvalue weighted by atomic mass is 9.95. The predicted molar refractivity (Wildman–Crippen MR) is 115 cm³/mol. The summed E-state index contributed by atoms with van der Waals surface area (Å²) in [5.41, 5.74) is 5.47. The topological polar surface area (TPSA) is 74.3 Å². The number of benzene rings is 2. The minimum Gasteiger partial charge on any atom is -0.301 e. The Kier molecular flexibility index (Phi) is 5.82. The van der Waals surface area contributed by atoms with E-state index in [2.05, 4.69) is 15.7 Å². The first-order chi connectivity index (χ1) is 14.0. The third-order valence-electron chi connectivity index (χ3n) is 4.47. The maximum absolute atomic E-state index is 12.3. The zero-order valence-corrected chi connectivity index (χ0v) is 17.3. The lowest BCUT2D eigenvalue weighted by Crippen LogP contribution is -2.62. The van der Waals surface area contributed by atoms with Crippen LogP contribution < -0.4 is 10.7 Å². The van der Waals surface area contributed by atoms with Crippen molar-refractivity contribution in [2.75, 3.05) is 11.9 Å². The van der Waals surface area contributed by atoms with Crippen LogP contribution in [0, 0.1) is 0 Å². The Balaban J connectivity index is 1.35. The molecule has 1 aliphatic rings. The molecule has 0 bridgehead atoms. The Labute approximate surface area is 181 Å². The van der Waals surface area contributed by atoms with Crippen molar-refractivity contribution in [2.24, 2.45) is 0 Å². The Morgan fingerprint density at radius 3 is 2.59 bits per heavy atom. The van der Waals surface area contributed by atoms with Crippen LogP contribution in [0.25, 0.3) is 11.3 Å². The molecule has 1 aromatic heterocycles. The molecule has 3 aromatic rings. The van der Waals surface area contributed by atoms with Gasteiger partial charge in [0.15, 0.2) is 5.13 Å². The number of thiazole rings is 1. The van der Waals surface area contributed by atoms with E-state index < -0.39 is 5.38 Å². The van der Waals surface area contributed by atoms with Crippen LogP contribution in [-0.2, 0) is 9.59 Å². The van der Waals surface area contributed by atoms with Gasteiger partial charge in [-0.25, -0.2) is 10.4 Å². The zero-order chi connectivity index (χ0) is 20.4. The highest BCUT2D eigenvalue weighted by molar-refractivity contribution is 7.14. The smallest absolute Gasteiger partial charge is 0.257 e. The quantitative estimate of drug-likeness (QED) is 0.441. The molecule has 1 fully saturated rings. The van der Waals surface area contributed by atoms with Gasteiger partial charge in [-0.15, -0.1) is 22.9 Å². The Morgan fingerprint density at radius 1 is 1.14 bits per heavy atom. The number of nitrogens with zero attached hydrogens (tertiary/aromatic N) is 2. The molecule has 2 N–H and O–H groups in total. The van der Waals surface area contributed by atoms with Crippen molar-refractivity contribution in [1.82, 2.24) is 15.4 Å². The normalized spacial score (nSPS) is 18.4. The number of carbonyl (C=O) groups excluding carboxylic acids is 2. The number of hydrazine groups is 1. The zero-order valence-electron chi connectivity index (χ0n) is 15.0. The second kappa shape index (κ2) is 8.51. The number of amides is 2. The maximum Gasteiger partial charge on any atom is 0.257 e. The molecular weight excluding hydrogens is 431 g/mol. The molecule has 0 spiro atoms. The predicted octanol–water partition coefficient (Wildman–Crippen LogP) is 4.10. The maximum atomic E-state index is 12.3. The summed E-state index contributed by atoms with van der Waals surface area (Å²) >= 11 is 13.4. The van der Waals surface area contributed by atoms with Crippen LogP contribution in [-0.4, -0.2) is 33.7 Å². The van der Waals surface area contributed by atoms with E-state index in [1.165, 1.54) is 16.3 Å². The molecule has 9 heteroatoms. The molecule has 2 unspecified atom stereocenters. The molecule has 2 atom stereocenters. The van der Waals surface area contributed by atoms with Crippen LogP contribution in [0.5, 0.6) is 0 Å². The first kappa shape index (κ1) is 19.8. The van der Waals surface area contributed by atoms with Crippen molar-refractivity contribution in [3.8, 4) is 11.3 Å². The van der Waals surface area contributed by atoms with E-state index in [9.17, 15) is 9.59 Å². The summed E-state index contributed by atoms with van der Waals surface area (Å²) in [5, 5.41) is 6.41. The van der Waals surface area contributed by atoms with E-state index in [4.69, 9.17) is 23.2 Å². The van der Waals surface area contributed by atoms with Crippen molar-refractivity contribution in [2.45, 2.75) is 11.4 Å². The Bertz CT molecular complexity index is 1030. The third-order valence-corrected chi connectivity index (χ3v) is 5.91. The molecule has 1 saturated heterocycles.